The maximum Gasteiger partial charge on any atom is 0.303 e. The van der Waals surface area contributed by atoms with Crippen LogP contribution in [0.4, 0.5) is 10.1 Å². The van der Waals surface area contributed by atoms with Gasteiger partial charge in [0.2, 0.25) is 0 Å². The zero-order chi connectivity index (χ0) is 14.0. The third kappa shape index (κ3) is 2.47. The standard InChI is InChI=1S/C13H12FNO4/c14-9-5-3-4-8-11(9)15(13(19)12(8)18)7-2-1-6-10(16)17/h3-5H,1-2,6-7H2,(H,16,17). The van der Waals surface area contributed by atoms with Gasteiger partial charge in [0.05, 0.1) is 11.3 Å². The number of nitrogens with zero attached hydrogens (tertiary/aromatic N) is 1. The summed E-state index contributed by atoms with van der Waals surface area (Å²) < 4.78 is 13.7. The molecule has 19 heavy (non-hydrogen) atoms. The van der Waals surface area contributed by atoms with Crippen molar-refractivity contribution in [3.8, 4) is 0 Å². The summed E-state index contributed by atoms with van der Waals surface area (Å²) in [6, 6.07) is 3.98. The highest BCUT2D eigenvalue weighted by atomic mass is 19.1. The van der Waals surface area contributed by atoms with Crippen molar-refractivity contribution in [1.82, 2.24) is 0 Å². The van der Waals surface area contributed by atoms with E-state index < -0.39 is 23.5 Å². The Bertz CT molecular complexity index is 556. The van der Waals surface area contributed by atoms with E-state index in [2.05, 4.69) is 0 Å². The molecule has 5 nitrogen and oxygen atoms in total. The summed E-state index contributed by atoms with van der Waals surface area (Å²) >= 11 is 0. The predicted molar refractivity (Wildman–Crippen MR) is 64.6 cm³/mol. The van der Waals surface area contributed by atoms with E-state index in [1.165, 1.54) is 18.2 Å². The van der Waals surface area contributed by atoms with E-state index in [1.54, 1.807) is 0 Å². The number of hydrogen-bond acceptors (Lipinski definition) is 3. The number of halogens is 1. The minimum absolute atomic E-state index is 0.00725. The van der Waals surface area contributed by atoms with E-state index in [0.29, 0.717) is 12.8 Å². The van der Waals surface area contributed by atoms with Crippen LogP contribution in [0.2, 0.25) is 0 Å². The first-order valence-electron chi connectivity index (χ1n) is 5.89. The Morgan fingerprint density at radius 2 is 2.00 bits per heavy atom. The summed E-state index contributed by atoms with van der Waals surface area (Å²) in [6.45, 7) is 0.145. The van der Waals surface area contributed by atoms with Crippen LogP contribution in [0.15, 0.2) is 18.2 Å². The molecule has 0 aromatic heterocycles. The smallest absolute Gasteiger partial charge is 0.303 e. The Hall–Kier alpha value is -2.24. The lowest BCUT2D eigenvalue weighted by atomic mass is 10.1. The lowest BCUT2D eigenvalue weighted by molar-refractivity contribution is -0.137. The molecular formula is C13H12FNO4. The van der Waals surface area contributed by atoms with Gasteiger partial charge < -0.3 is 10.0 Å². The quantitative estimate of drug-likeness (QED) is 0.648. The minimum Gasteiger partial charge on any atom is -0.481 e. The molecule has 1 aliphatic rings. The second-order valence-corrected chi connectivity index (χ2v) is 4.27. The first kappa shape index (κ1) is 13.2. The van der Waals surface area contributed by atoms with Crippen LogP contribution in [0, 0.1) is 5.82 Å². The van der Waals surface area contributed by atoms with Crippen molar-refractivity contribution in [3.63, 3.8) is 0 Å². The molecule has 0 fully saturated rings. The summed E-state index contributed by atoms with van der Waals surface area (Å²) in [4.78, 5) is 34.8. The lowest BCUT2D eigenvalue weighted by Gasteiger charge is -2.16. The summed E-state index contributed by atoms with van der Waals surface area (Å²) in [5.41, 5.74) is 0.0797. The number of fused-ring (bicyclic) bond motifs is 1. The highest BCUT2D eigenvalue weighted by Crippen LogP contribution is 2.31. The Balaban J connectivity index is 2.12. The number of carbonyl (C=O) groups excluding carboxylic acids is 2. The van der Waals surface area contributed by atoms with E-state index >= 15 is 0 Å². The number of carboxylic acid groups (broad SMARTS) is 1. The van der Waals surface area contributed by atoms with Crippen molar-refractivity contribution in [1.29, 1.82) is 0 Å². The first-order valence-corrected chi connectivity index (χ1v) is 5.89. The highest BCUT2D eigenvalue weighted by Gasteiger charge is 2.37. The topological polar surface area (TPSA) is 74.7 Å². The predicted octanol–water partition coefficient (Wildman–Crippen LogP) is 1.61. The number of aliphatic carboxylic acids is 1. The fourth-order valence-corrected chi connectivity index (χ4v) is 2.07. The summed E-state index contributed by atoms with van der Waals surface area (Å²) in [6.07, 6.45) is 0.760. The molecule has 0 unspecified atom stereocenters. The van der Waals surface area contributed by atoms with Gasteiger partial charge in [-0.3, -0.25) is 14.4 Å². The van der Waals surface area contributed by atoms with Crippen LogP contribution >= 0.6 is 0 Å². The Morgan fingerprint density at radius 1 is 1.26 bits per heavy atom. The summed E-state index contributed by atoms with van der Waals surface area (Å²) in [5.74, 6) is -3.01. The molecule has 1 aromatic carbocycles. The Labute approximate surface area is 108 Å². The van der Waals surface area contributed by atoms with Crippen LogP contribution in [-0.4, -0.2) is 29.3 Å². The third-order valence-electron chi connectivity index (χ3n) is 2.96. The molecule has 1 aromatic rings. The van der Waals surface area contributed by atoms with Gasteiger partial charge in [0.25, 0.3) is 11.7 Å². The molecule has 1 heterocycles. The molecule has 0 saturated carbocycles. The van der Waals surface area contributed by atoms with Gasteiger partial charge in [-0.25, -0.2) is 4.39 Å². The van der Waals surface area contributed by atoms with E-state index in [-0.39, 0.29) is 24.2 Å². The van der Waals surface area contributed by atoms with Crippen LogP contribution in [0.25, 0.3) is 0 Å². The normalized spacial score (nSPS) is 13.8. The van der Waals surface area contributed by atoms with Crippen molar-refractivity contribution < 1.29 is 23.9 Å². The second kappa shape index (κ2) is 5.17. The summed E-state index contributed by atoms with van der Waals surface area (Å²) in [5, 5.41) is 8.51. The van der Waals surface area contributed by atoms with Gasteiger partial charge in [-0.1, -0.05) is 6.07 Å². The van der Waals surface area contributed by atoms with Crippen LogP contribution in [-0.2, 0) is 9.59 Å². The van der Waals surface area contributed by atoms with Crippen LogP contribution in [0.1, 0.15) is 29.6 Å². The molecule has 0 bridgehead atoms. The van der Waals surface area contributed by atoms with Crippen molar-refractivity contribution in [2.24, 2.45) is 0 Å². The van der Waals surface area contributed by atoms with Crippen molar-refractivity contribution in [2.45, 2.75) is 19.3 Å². The number of ketones is 1. The Morgan fingerprint density at radius 3 is 2.68 bits per heavy atom. The number of para-hydroxylation sites is 1. The average Bonchev–Trinajstić information content (AvgIpc) is 2.60. The largest absolute Gasteiger partial charge is 0.481 e. The second-order valence-electron chi connectivity index (χ2n) is 4.27. The van der Waals surface area contributed by atoms with Crippen molar-refractivity contribution >= 4 is 23.3 Å². The molecule has 1 aliphatic heterocycles. The zero-order valence-electron chi connectivity index (χ0n) is 10.1. The van der Waals surface area contributed by atoms with E-state index in [4.69, 9.17) is 5.11 Å². The number of hydrogen-bond donors (Lipinski definition) is 1. The molecule has 1 N–H and O–H groups in total. The van der Waals surface area contributed by atoms with Gasteiger partial charge in [0.15, 0.2) is 0 Å². The molecule has 0 spiro atoms. The number of unbranched alkanes of at least 4 members (excludes halogenated alkanes) is 1. The monoisotopic (exact) mass is 265 g/mol. The van der Waals surface area contributed by atoms with Crippen molar-refractivity contribution in [3.05, 3.63) is 29.6 Å². The molecule has 0 aliphatic carbocycles. The fraction of sp³-hybridized carbons (Fsp3) is 0.308. The molecule has 0 atom stereocenters. The van der Waals surface area contributed by atoms with Crippen LogP contribution in [0.3, 0.4) is 0 Å². The average molecular weight is 265 g/mol. The van der Waals surface area contributed by atoms with Gasteiger partial charge in [-0.15, -0.1) is 0 Å². The van der Waals surface area contributed by atoms with Gasteiger partial charge >= 0.3 is 5.97 Å². The molecule has 100 valence electrons. The van der Waals surface area contributed by atoms with Gasteiger partial charge in [0.1, 0.15) is 5.82 Å². The molecule has 0 saturated heterocycles. The van der Waals surface area contributed by atoms with E-state index in [1.807, 2.05) is 0 Å². The first-order chi connectivity index (χ1) is 9.02. The number of carboxylic acids is 1. The maximum absolute atomic E-state index is 13.7. The van der Waals surface area contributed by atoms with Gasteiger partial charge in [-0.2, -0.15) is 0 Å². The molecule has 0 radical (unpaired) electrons. The SMILES string of the molecule is O=C(O)CCCCN1C(=O)C(=O)c2cccc(F)c21. The Kier molecular flexibility index (Phi) is 3.59. The number of anilines is 1. The van der Waals surface area contributed by atoms with Gasteiger partial charge in [-0.05, 0) is 25.0 Å². The van der Waals surface area contributed by atoms with Gasteiger partial charge in [0, 0.05) is 13.0 Å². The van der Waals surface area contributed by atoms with E-state index in [0.717, 1.165) is 4.90 Å². The van der Waals surface area contributed by atoms with E-state index in [9.17, 15) is 18.8 Å². The lowest BCUT2D eigenvalue weighted by Crippen LogP contribution is -2.31. The highest BCUT2D eigenvalue weighted by molar-refractivity contribution is 6.52. The molecular weight excluding hydrogens is 253 g/mol. The summed E-state index contributed by atoms with van der Waals surface area (Å²) in [7, 11) is 0. The van der Waals surface area contributed by atoms with Crippen molar-refractivity contribution in [2.75, 3.05) is 11.4 Å². The number of amides is 1. The third-order valence-corrected chi connectivity index (χ3v) is 2.96. The minimum atomic E-state index is -0.921. The zero-order valence-corrected chi connectivity index (χ0v) is 10.1. The number of rotatable bonds is 5. The fourth-order valence-electron chi connectivity index (χ4n) is 2.07. The number of benzene rings is 1. The number of Topliss-reactive ketones (excluding diaryl/α,β-unsaturated/α-hetero) is 1. The number of carbonyl (C=O) groups is 3. The molecule has 2 rings (SSSR count). The molecule has 6 heteroatoms. The van der Waals surface area contributed by atoms with Crippen LogP contribution < -0.4 is 4.90 Å². The van der Waals surface area contributed by atoms with Crippen LogP contribution in [0.5, 0.6) is 0 Å². The molecule has 1 amide bonds. The maximum atomic E-state index is 13.7.